The lowest BCUT2D eigenvalue weighted by molar-refractivity contribution is -0.119. The second-order valence-corrected chi connectivity index (χ2v) is 7.35. The fraction of sp³-hybridized carbons (Fsp3) is 0.353. The maximum Gasteiger partial charge on any atom is 0.262 e. The van der Waals surface area contributed by atoms with Gasteiger partial charge in [-0.3, -0.25) is 24.6 Å². The highest BCUT2D eigenvalue weighted by atomic mass is 32.1. The van der Waals surface area contributed by atoms with Crippen molar-refractivity contribution in [3.05, 3.63) is 40.4 Å². The fourth-order valence-electron chi connectivity index (χ4n) is 2.62. The first-order valence-electron chi connectivity index (χ1n) is 7.98. The Labute approximate surface area is 149 Å². The molecule has 7 nitrogen and oxygen atoms in total. The van der Waals surface area contributed by atoms with Crippen molar-refractivity contribution in [2.24, 2.45) is 5.92 Å². The maximum atomic E-state index is 12.5. The number of nitrogens with one attached hydrogen (secondary N) is 1. The van der Waals surface area contributed by atoms with Gasteiger partial charge in [0.2, 0.25) is 11.0 Å². The molecule has 1 aromatic heterocycles. The lowest BCUT2D eigenvalue weighted by Crippen LogP contribution is -2.45. The number of aromatic nitrogens is 2. The summed E-state index contributed by atoms with van der Waals surface area (Å²) in [6.45, 7) is 5.67. The van der Waals surface area contributed by atoms with E-state index >= 15 is 0 Å². The molecule has 8 heteroatoms. The molecule has 0 radical (unpaired) electrons. The van der Waals surface area contributed by atoms with E-state index in [1.54, 1.807) is 24.3 Å². The minimum absolute atomic E-state index is 0.322. The van der Waals surface area contributed by atoms with Gasteiger partial charge in [-0.2, -0.15) is 0 Å². The number of carbonyl (C=O) groups is 3. The molecule has 0 fully saturated rings. The molecule has 1 aliphatic rings. The van der Waals surface area contributed by atoms with Gasteiger partial charge in [-0.25, -0.2) is 0 Å². The zero-order valence-electron chi connectivity index (χ0n) is 14.1. The lowest BCUT2D eigenvalue weighted by atomic mass is 10.1. The molecular formula is C17H18N4O3S. The quantitative estimate of drug-likeness (QED) is 0.828. The second kappa shape index (κ2) is 6.72. The first kappa shape index (κ1) is 17.2. The number of nitrogens with zero attached hydrogens (tertiary/aromatic N) is 3. The number of anilines is 1. The molecule has 0 aliphatic carbocycles. The minimum atomic E-state index is -0.940. The summed E-state index contributed by atoms with van der Waals surface area (Å²) in [5.74, 6) is -0.947. The summed E-state index contributed by atoms with van der Waals surface area (Å²) in [5, 5.41) is 11.8. The highest BCUT2D eigenvalue weighted by molar-refractivity contribution is 7.15. The van der Waals surface area contributed by atoms with E-state index in [1.165, 1.54) is 18.3 Å². The molecule has 0 bridgehead atoms. The first-order chi connectivity index (χ1) is 11.9. The van der Waals surface area contributed by atoms with Gasteiger partial charge in [0.1, 0.15) is 11.0 Å². The fourth-order valence-corrected chi connectivity index (χ4v) is 3.58. The van der Waals surface area contributed by atoms with Crippen molar-refractivity contribution in [2.45, 2.75) is 33.2 Å². The first-order valence-corrected chi connectivity index (χ1v) is 8.80. The van der Waals surface area contributed by atoms with E-state index in [-0.39, 0.29) is 0 Å². The van der Waals surface area contributed by atoms with Crippen molar-refractivity contribution in [1.29, 1.82) is 0 Å². The Morgan fingerprint density at radius 2 is 1.72 bits per heavy atom. The summed E-state index contributed by atoms with van der Waals surface area (Å²) in [6.07, 6.45) is 0.779. The van der Waals surface area contributed by atoms with Crippen LogP contribution in [0.1, 0.15) is 46.5 Å². The van der Waals surface area contributed by atoms with Gasteiger partial charge < -0.3 is 0 Å². The molecule has 1 aromatic carbocycles. The number of carbonyl (C=O) groups excluding carboxylic acids is 3. The van der Waals surface area contributed by atoms with Crippen molar-refractivity contribution in [3.8, 4) is 0 Å². The van der Waals surface area contributed by atoms with Gasteiger partial charge >= 0.3 is 0 Å². The second-order valence-electron chi connectivity index (χ2n) is 6.29. The van der Waals surface area contributed by atoms with E-state index in [9.17, 15) is 14.4 Å². The molecular weight excluding hydrogens is 340 g/mol. The van der Waals surface area contributed by atoms with Gasteiger partial charge in [-0.1, -0.05) is 37.3 Å². The monoisotopic (exact) mass is 358 g/mol. The van der Waals surface area contributed by atoms with E-state index in [2.05, 4.69) is 29.4 Å². The SMILES string of the molecule is CC(C)Cc1nnc(NC(=O)[C@H](C)N2C(=O)c3ccccc3C2=O)s1. The number of fused-ring (bicyclic) bond motifs is 1. The third-order valence-electron chi connectivity index (χ3n) is 3.87. The van der Waals surface area contributed by atoms with Crippen LogP contribution >= 0.6 is 11.3 Å². The van der Waals surface area contributed by atoms with E-state index < -0.39 is 23.8 Å². The van der Waals surface area contributed by atoms with Gasteiger partial charge in [-0.15, -0.1) is 10.2 Å². The van der Waals surface area contributed by atoms with E-state index in [4.69, 9.17) is 0 Å². The highest BCUT2D eigenvalue weighted by Gasteiger charge is 2.40. The van der Waals surface area contributed by atoms with Gasteiger partial charge in [0.15, 0.2) is 0 Å². The average molecular weight is 358 g/mol. The molecule has 0 saturated carbocycles. The Hall–Kier alpha value is -2.61. The third kappa shape index (κ3) is 3.30. The number of benzene rings is 1. The molecule has 0 spiro atoms. The van der Waals surface area contributed by atoms with Crippen LogP contribution in [0.3, 0.4) is 0 Å². The van der Waals surface area contributed by atoms with Gasteiger partial charge in [0, 0.05) is 6.42 Å². The van der Waals surface area contributed by atoms with E-state index in [1.807, 2.05) is 0 Å². The zero-order valence-corrected chi connectivity index (χ0v) is 15.0. The minimum Gasteiger partial charge on any atom is -0.299 e. The molecule has 3 rings (SSSR count). The summed E-state index contributed by atoms with van der Waals surface area (Å²) in [6, 6.07) is 5.61. The third-order valence-corrected chi connectivity index (χ3v) is 4.73. The van der Waals surface area contributed by atoms with Crippen LogP contribution in [0, 0.1) is 5.92 Å². The summed E-state index contributed by atoms with van der Waals surface area (Å²) in [4.78, 5) is 38.3. The number of amides is 3. The normalized spacial score (nSPS) is 14.8. The highest BCUT2D eigenvalue weighted by Crippen LogP contribution is 2.25. The molecule has 25 heavy (non-hydrogen) atoms. The Morgan fingerprint density at radius 3 is 2.28 bits per heavy atom. The topological polar surface area (TPSA) is 92.3 Å². The Kier molecular flexibility index (Phi) is 4.63. The summed E-state index contributed by atoms with van der Waals surface area (Å²) in [7, 11) is 0. The smallest absolute Gasteiger partial charge is 0.262 e. The van der Waals surface area contributed by atoms with Crippen molar-refractivity contribution in [1.82, 2.24) is 15.1 Å². The van der Waals surface area contributed by atoms with Gasteiger partial charge in [0.05, 0.1) is 11.1 Å². The molecule has 1 atom stereocenters. The molecule has 2 aromatic rings. The molecule has 0 unspecified atom stereocenters. The molecule has 0 saturated heterocycles. The van der Waals surface area contributed by atoms with Crippen LogP contribution < -0.4 is 5.32 Å². The van der Waals surface area contributed by atoms with Crippen LogP contribution in [0.2, 0.25) is 0 Å². The van der Waals surface area contributed by atoms with Crippen molar-refractivity contribution in [3.63, 3.8) is 0 Å². The standard InChI is InChI=1S/C17H18N4O3S/c1-9(2)8-13-19-20-17(25-13)18-14(22)10(3)21-15(23)11-6-4-5-7-12(11)16(21)24/h4-7,9-10H,8H2,1-3H3,(H,18,20,22)/t10-/m0/s1. The van der Waals surface area contributed by atoms with Crippen molar-refractivity contribution < 1.29 is 14.4 Å². The number of rotatable bonds is 5. The van der Waals surface area contributed by atoms with Crippen molar-refractivity contribution >= 4 is 34.2 Å². The van der Waals surface area contributed by atoms with Crippen LogP contribution in [0.25, 0.3) is 0 Å². The predicted octanol–water partition coefficient (Wildman–Crippen LogP) is 2.36. The van der Waals surface area contributed by atoms with Crippen LogP contribution in [0.4, 0.5) is 5.13 Å². The largest absolute Gasteiger partial charge is 0.299 e. The molecule has 2 heterocycles. The number of imide groups is 1. The van der Waals surface area contributed by atoms with Crippen molar-refractivity contribution in [2.75, 3.05) is 5.32 Å². The summed E-state index contributed by atoms with van der Waals surface area (Å²) in [5.41, 5.74) is 0.643. The van der Waals surface area contributed by atoms with Crippen LogP contribution in [-0.2, 0) is 11.2 Å². The molecule has 130 valence electrons. The Balaban J connectivity index is 1.72. The lowest BCUT2D eigenvalue weighted by Gasteiger charge is -2.20. The van der Waals surface area contributed by atoms with Gasteiger partial charge in [-0.05, 0) is 25.0 Å². The summed E-state index contributed by atoms with van der Waals surface area (Å²) < 4.78 is 0. The Bertz CT molecular complexity index is 811. The van der Waals surface area contributed by atoms with E-state index in [0.29, 0.717) is 22.2 Å². The molecule has 1 aliphatic heterocycles. The zero-order chi connectivity index (χ0) is 18.1. The predicted molar refractivity (Wildman–Crippen MR) is 93.5 cm³/mol. The number of hydrogen-bond acceptors (Lipinski definition) is 6. The summed E-state index contributed by atoms with van der Waals surface area (Å²) >= 11 is 1.30. The average Bonchev–Trinajstić information content (AvgIpc) is 3.10. The molecule has 1 N–H and O–H groups in total. The molecule has 3 amide bonds. The van der Waals surface area contributed by atoms with Crippen LogP contribution in [-0.4, -0.2) is 38.9 Å². The Morgan fingerprint density at radius 1 is 1.12 bits per heavy atom. The number of hydrogen-bond donors (Lipinski definition) is 1. The van der Waals surface area contributed by atoms with E-state index in [0.717, 1.165) is 16.3 Å². The maximum absolute atomic E-state index is 12.5. The van der Waals surface area contributed by atoms with Crippen LogP contribution in [0.15, 0.2) is 24.3 Å². The van der Waals surface area contributed by atoms with Gasteiger partial charge in [0.25, 0.3) is 11.8 Å². The van der Waals surface area contributed by atoms with Crippen LogP contribution in [0.5, 0.6) is 0 Å².